The van der Waals surface area contributed by atoms with E-state index in [0.29, 0.717) is 11.5 Å². The fourth-order valence-electron chi connectivity index (χ4n) is 2.64. The zero-order valence-corrected chi connectivity index (χ0v) is 13.6. The molecule has 0 aromatic heterocycles. The molecule has 6 heteroatoms. The Balaban J connectivity index is 1.63. The predicted molar refractivity (Wildman–Crippen MR) is 87.9 cm³/mol. The van der Waals surface area contributed by atoms with Crippen molar-refractivity contribution in [3.63, 3.8) is 0 Å². The number of hydrogen-bond donors (Lipinski definition) is 3. The number of methoxy groups -OCH3 is 1. The molecule has 1 fully saturated rings. The van der Waals surface area contributed by atoms with Gasteiger partial charge in [-0.2, -0.15) is 0 Å². The summed E-state index contributed by atoms with van der Waals surface area (Å²) in [5, 5.41) is 15.5. The van der Waals surface area contributed by atoms with E-state index in [9.17, 15) is 9.90 Å². The SMILES string of the molecule is COc1cccc(OC[C@@H](O)CNC(=O)NC2CCCCC2)c1. The van der Waals surface area contributed by atoms with Crippen molar-refractivity contribution in [2.75, 3.05) is 20.3 Å². The lowest BCUT2D eigenvalue weighted by Crippen LogP contribution is -2.45. The first-order chi connectivity index (χ1) is 11.2. The second-order valence-electron chi connectivity index (χ2n) is 5.83. The van der Waals surface area contributed by atoms with Gasteiger partial charge in [0, 0.05) is 18.7 Å². The summed E-state index contributed by atoms with van der Waals surface area (Å²) in [7, 11) is 1.59. The van der Waals surface area contributed by atoms with Crippen molar-refractivity contribution in [2.45, 2.75) is 44.2 Å². The van der Waals surface area contributed by atoms with Crippen LogP contribution in [-0.2, 0) is 0 Å². The number of rotatable bonds is 7. The van der Waals surface area contributed by atoms with Crippen LogP contribution in [0.1, 0.15) is 32.1 Å². The minimum atomic E-state index is -0.765. The van der Waals surface area contributed by atoms with E-state index in [1.54, 1.807) is 19.2 Å². The molecule has 2 amide bonds. The number of amides is 2. The smallest absolute Gasteiger partial charge is 0.315 e. The highest BCUT2D eigenvalue weighted by Gasteiger charge is 2.16. The summed E-state index contributed by atoms with van der Waals surface area (Å²) >= 11 is 0. The highest BCUT2D eigenvalue weighted by molar-refractivity contribution is 5.74. The molecule has 128 valence electrons. The third-order valence-electron chi connectivity index (χ3n) is 3.92. The summed E-state index contributed by atoms with van der Waals surface area (Å²) in [6.45, 7) is 0.263. The summed E-state index contributed by atoms with van der Waals surface area (Å²) in [6, 6.07) is 7.21. The molecule has 0 aliphatic heterocycles. The van der Waals surface area contributed by atoms with Crippen molar-refractivity contribution in [3.8, 4) is 11.5 Å². The molecule has 1 aliphatic carbocycles. The Bertz CT molecular complexity index is 489. The Hall–Kier alpha value is -1.95. The van der Waals surface area contributed by atoms with E-state index in [1.165, 1.54) is 19.3 Å². The Morgan fingerprint density at radius 1 is 1.30 bits per heavy atom. The first kappa shape index (κ1) is 17.4. The standard InChI is InChI=1S/C17H26N2O4/c1-22-15-8-5-9-16(10-15)23-12-14(20)11-18-17(21)19-13-6-3-2-4-7-13/h5,8-10,13-14,20H,2-4,6-7,11-12H2,1H3,(H2,18,19,21)/t14-/m0/s1. The van der Waals surface area contributed by atoms with Crippen LogP contribution in [0.2, 0.25) is 0 Å². The van der Waals surface area contributed by atoms with Crippen LogP contribution in [-0.4, -0.2) is 43.5 Å². The number of hydrogen-bond acceptors (Lipinski definition) is 4. The van der Waals surface area contributed by atoms with Crippen LogP contribution in [0.4, 0.5) is 4.79 Å². The number of aliphatic hydroxyl groups is 1. The number of urea groups is 1. The third-order valence-corrected chi connectivity index (χ3v) is 3.92. The minimum absolute atomic E-state index is 0.108. The van der Waals surface area contributed by atoms with Crippen molar-refractivity contribution in [2.24, 2.45) is 0 Å². The molecule has 0 radical (unpaired) electrons. The number of carbonyl (C=O) groups is 1. The van der Waals surface area contributed by atoms with Gasteiger partial charge in [0.2, 0.25) is 0 Å². The van der Waals surface area contributed by atoms with Gasteiger partial charge in [-0.15, -0.1) is 0 Å². The topological polar surface area (TPSA) is 79.8 Å². The number of ether oxygens (including phenoxy) is 2. The van der Waals surface area contributed by atoms with Crippen LogP contribution in [0.3, 0.4) is 0 Å². The Morgan fingerprint density at radius 2 is 2.04 bits per heavy atom. The van der Waals surface area contributed by atoms with Crippen molar-refractivity contribution in [1.29, 1.82) is 0 Å². The van der Waals surface area contributed by atoms with Crippen LogP contribution in [0, 0.1) is 0 Å². The number of nitrogens with one attached hydrogen (secondary N) is 2. The quantitative estimate of drug-likeness (QED) is 0.718. The Kier molecular flexibility index (Phi) is 7.00. The van der Waals surface area contributed by atoms with Crippen molar-refractivity contribution < 1.29 is 19.4 Å². The van der Waals surface area contributed by atoms with Gasteiger partial charge < -0.3 is 25.2 Å². The molecule has 1 saturated carbocycles. The van der Waals surface area contributed by atoms with Gasteiger partial charge in [-0.3, -0.25) is 0 Å². The Morgan fingerprint density at radius 3 is 2.78 bits per heavy atom. The van der Waals surface area contributed by atoms with E-state index in [-0.39, 0.29) is 25.2 Å². The normalized spacial score (nSPS) is 16.4. The molecule has 6 nitrogen and oxygen atoms in total. The van der Waals surface area contributed by atoms with Crippen molar-refractivity contribution >= 4 is 6.03 Å². The molecular weight excluding hydrogens is 296 g/mol. The highest BCUT2D eigenvalue weighted by atomic mass is 16.5. The summed E-state index contributed by atoms with van der Waals surface area (Å²) in [5.41, 5.74) is 0. The monoisotopic (exact) mass is 322 g/mol. The summed E-state index contributed by atoms with van der Waals surface area (Å²) in [6.07, 6.45) is 4.90. The van der Waals surface area contributed by atoms with Crippen LogP contribution < -0.4 is 20.1 Å². The number of benzene rings is 1. The molecule has 0 saturated heterocycles. The van der Waals surface area contributed by atoms with Crippen LogP contribution in [0.15, 0.2) is 24.3 Å². The molecule has 1 aromatic rings. The lowest BCUT2D eigenvalue weighted by molar-refractivity contribution is 0.107. The van der Waals surface area contributed by atoms with E-state index >= 15 is 0 Å². The molecule has 0 heterocycles. The molecule has 23 heavy (non-hydrogen) atoms. The maximum Gasteiger partial charge on any atom is 0.315 e. The average Bonchev–Trinajstić information content (AvgIpc) is 2.59. The van der Waals surface area contributed by atoms with Crippen molar-refractivity contribution in [3.05, 3.63) is 24.3 Å². The van der Waals surface area contributed by atoms with E-state index in [0.717, 1.165) is 12.8 Å². The molecule has 0 bridgehead atoms. The van der Waals surface area contributed by atoms with Crippen molar-refractivity contribution in [1.82, 2.24) is 10.6 Å². The molecule has 0 spiro atoms. The van der Waals surface area contributed by atoms with Gasteiger partial charge in [0.05, 0.1) is 7.11 Å². The molecule has 0 unspecified atom stereocenters. The molecule has 3 N–H and O–H groups in total. The number of aliphatic hydroxyl groups excluding tert-OH is 1. The summed E-state index contributed by atoms with van der Waals surface area (Å²) < 4.78 is 10.6. The lowest BCUT2D eigenvalue weighted by Gasteiger charge is -2.23. The fourth-order valence-corrected chi connectivity index (χ4v) is 2.64. The summed E-state index contributed by atoms with van der Waals surface area (Å²) in [5.74, 6) is 1.32. The maximum atomic E-state index is 11.8. The minimum Gasteiger partial charge on any atom is -0.497 e. The maximum absolute atomic E-state index is 11.8. The third kappa shape index (κ3) is 6.36. The molecule has 1 aliphatic rings. The van der Waals surface area contributed by atoms with Gasteiger partial charge in [0.1, 0.15) is 24.2 Å². The van der Waals surface area contributed by atoms with E-state index in [1.807, 2.05) is 12.1 Å². The van der Waals surface area contributed by atoms with Gasteiger partial charge in [0.15, 0.2) is 0 Å². The highest BCUT2D eigenvalue weighted by Crippen LogP contribution is 2.19. The van der Waals surface area contributed by atoms with E-state index in [4.69, 9.17) is 9.47 Å². The van der Waals surface area contributed by atoms with Crippen LogP contribution in [0.5, 0.6) is 11.5 Å². The van der Waals surface area contributed by atoms with E-state index in [2.05, 4.69) is 10.6 Å². The van der Waals surface area contributed by atoms with E-state index < -0.39 is 6.10 Å². The molecule has 1 atom stereocenters. The molecular formula is C17H26N2O4. The first-order valence-electron chi connectivity index (χ1n) is 8.16. The number of carbonyl (C=O) groups excluding carboxylic acids is 1. The van der Waals surface area contributed by atoms with Crippen LogP contribution >= 0.6 is 0 Å². The molecule has 2 rings (SSSR count). The lowest BCUT2D eigenvalue weighted by atomic mass is 9.96. The first-order valence-corrected chi connectivity index (χ1v) is 8.16. The second-order valence-corrected chi connectivity index (χ2v) is 5.83. The zero-order valence-electron chi connectivity index (χ0n) is 13.6. The largest absolute Gasteiger partial charge is 0.497 e. The average molecular weight is 322 g/mol. The fraction of sp³-hybridized carbons (Fsp3) is 0.588. The van der Waals surface area contributed by atoms with Gasteiger partial charge in [-0.05, 0) is 25.0 Å². The zero-order chi connectivity index (χ0) is 16.5. The van der Waals surface area contributed by atoms with Gasteiger partial charge in [0.25, 0.3) is 0 Å². The Labute approximate surface area is 137 Å². The summed E-state index contributed by atoms with van der Waals surface area (Å²) in [4.78, 5) is 11.8. The molecule has 1 aromatic carbocycles. The van der Waals surface area contributed by atoms with Gasteiger partial charge >= 0.3 is 6.03 Å². The van der Waals surface area contributed by atoms with Crippen LogP contribution in [0.25, 0.3) is 0 Å². The van der Waals surface area contributed by atoms with Gasteiger partial charge in [-0.25, -0.2) is 4.79 Å². The second kappa shape index (κ2) is 9.25. The van der Waals surface area contributed by atoms with Gasteiger partial charge in [-0.1, -0.05) is 25.3 Å². The predicted octanol–water partition coefficient (Wildman–Crippen LogP) is 2.07.